The molecule has 50 heavy (non-hydrogen) atoms. The van der Waals surface area contributed by atoms with Gasteiger partial charge in [0, 0.05) is 38.2 Å². The highest BCUT2D eigenvalue weighted by Gasteiger charge is 2.17. The summed E-state index contributed by atoms with van der Waals surface area (Å²) >= 11 is 0. The fourth-order valence-electron chi connectivity index (χ4n) is 6.09. The van der Waals surface area contributed by atoms with Crippen LogP contribution in [-0.2, 0) is 0 Å². The first kappa shape index (κ1) is 17.5. The Morgan fingerprint density at radius 3 is 1.62 bits per heavy atom. The predicted molar refractivity (Wildman–Crippen MR) is 202 cm³/mol. The third-order valence-electron chi connectivity index (χ3n) is 8.40. The number of fused-ring (bicyclic) bond motifs is 6. The monoisotopic (exact) mass is 655 g/mol. The normalized spacial score (nSPS) is 15.5. The first-order valence-corrected chi connectivity index (χ1v) is 15.5. The number of hydrogen-bond donors (Lipinski definition) is 0. The van der Waals surface area contributed by atoms with Crippen LogP contribution in [0.15, 0.2) is 172 Å². The Bertz CT molecular complexity index is 3610. The van der Waals surface area contributed by atoms with Crippen LogP contribution < -0.4 is 0 Å². The summed E-state index contributed by atoms with van der Waals surface area (Å²) in [6.07, 6.45) is 0. The second-order valence-electron chi connectivity index (χ2n) is 11.4. The lowest BCUT2D eigenvalue weighted by Crippen LogP contribution is -2.00. The highest BCUT2D eigenvalue weighted by Crippen LogP contribution is 2.38. The third kappa shape index (κ3) is 4.75. The fourth-order valence-corrected chi connectivity index (χ4v) is 6.09. The minimum atomic E-state index is -0.697. The molecule has 0 saturated heterocycles. The summed E-state index contributed by atoms with van der Waals surface area (Å²) in [5, 5.41) is 2.77. The lowest BCUT2D eigenvalue weighted by molar-refractivity contribution is 0.668. The lowest BCUT2D eigenvalue weighted by Gasteiger charge is -2.09. The Hall–Kier alpha value is -6.85. The molecule has 5 nitrogen and oxygen atoms in total. The van der Waals surface area contributed by atoms with E-state index in [0.717, 1.165) is 10.8 Å². The molecule has 0 aliphatic rings. The molecule has 10 aromatic rings. The van der Waals surface area contributed by atoms with Gasteiger partial charge in [-0.2, -0.15) is 0 Å². The first-order chi connectivity index (χ1) is 30.6. The summed E-state index contributed by atoms with van der Waals surface area (Å²) in [5.41, 5.74) is 1.76. The molecule has 0 spiro atoms. The quantitative estimate of drug-likeness (QED) is 0.185. The van der Waals surface area contributed by atoms with Crippen LogP contribution in [-0.4, -0.2) is 15.0 Å². The molecule has 0 aliphatic heterocycles. The minimum Gasteiger partial charge on any atom is -0.456 e. The molecule has 0 saturated carbocycles. The lowest BCUT2D eigenvalue weighted by atomic mass is 9.99. The Morgan fingerprint density at radius 1 is 0.380 bits per heavy atom. The van der Waals surface area contributed by atoms with E-state index in [1.54, 1.807) is 48.5 Å². The summed E-state index contributed by atoms with van der Waals surface area (Å²) in [6.45, 7) is 0. The maximum absolute atomic E-state index is 9.16. The van der Waals surface area contributed by atoms with E-state index >= 15 is 0 Å². The first-order valence-electron chi connectivity index (χ1n) is 22.5. The molecule has 0 amide bonds. The zero-order chi connectivity index (χ0) is 45.2. The Morgan fingerprint density at radius 2 is 0.900 bits per heavy atom. The number of furan rings is 2. The van der Waals surface area contributed by atoms with Crippen LogP contribution in [0.3, 0.4) is 0 Å². The molecule has 0 bridgehead atoms. The Balaban J connectivity index is 1.20. The van der Waals surface area contributed by atoms with Crippen molar-refractivity contribution in [1.82, 2.24) is 15.0 Å². The Kier molecular flexibility index (Phi) is 3.99. The van der Waals surface area contributed by atoms with Gasteiger partial charge in [0.1, 0.15) is 22.3 Å². The van der Waals surface area contributed by atoms with Crippen molar-refractivity contribution in [3.8, 4) is 56.4 Å². The highest BCUT2D eigenvalue weighted by molar-refractivity contribution is 6.13. The average molecular weight is 656 g/mol. The molecule has 0 unspecified atom stereocenters. The van der Waals surface area contributed by atoms with E-state index in [0.29, 0.717) is 49.8 Å². The largest absolute Gasteiger partial charge is 0.456 e. The van der Waals surface area contributed by atoms with Crippen LogP contribution in [0, 0.1) is 0 Å². The van der Waals surface area contributed by atoms with Crippen LogP contribution >= 0.6 is 0 Å². The molecule has 3 heterocycles. The molecule has 0 fully saturated rings. The van der Waals surface area contributed by atoms with E-state index in [4.69, 9.17) is 38.0 Å². The predicted octanol–water partition coefficient (Wildman–Crippen LogP) is 12.0. The SMILES string of the molecule is [2H]c1c([2H])c([2H])c(-c2c([2H])c([2H])c(-c3nc(-c4ccc5c(c4)oc4ccccc45)nc(-c4ccc5c(c4)oc4cccc(-c6c([2H])c([2H])c([2H])c([2H])c6[2H])c45)n3)c([2H])c2[2H])c([2H])c1[2H]. The summed E-state index contributed by atoms with van der Waals surface area (Å²) < 4.78 is 132. The summed E-state index contributed by atoms with van der Waals surface area (Å²) in [6, 6.07) is 14.6. The smallest absolute Gasteiger partial charge is 0.164 e. The second kappa shape index (κ2) is 11.4. The van der Waals surface area contributed by atoms with Gasteiger partial charge in [-0.1, -0.05) is 127 Å². The van der Waals surface area contributed by atoms with Crippen molar-refractivity contribution in [2.75, 3.05) is 0 Å². The highest BCUT2D eigenvalue weighted by atomic mass is 16.3. The van der Waals surface area contributed by atoms with Crippen molar-refractivity contribution in [2.45, 2.75) is 0 Å². The van der Waals surface area contributed by atoms with Crippen molar-refractivity contribution in [1.29, 1.82) is 0 Å². The maximum atomic E-state index is 9.16. The van der Waals surface area contributed by atoms with Gasteiger partial charge in [-0.3, -0.25) is 0 Å². The molecule has 0 aliphatic carbocycles. The number of rotatable bonds is 5. The van der Waals surface area contributed by atoms with Gasteiger partial charge in [0.2, 0.25) is 0 Å². The molecule has 0 N–H and O–H groups in total. The summed E-state index contributed by atoms with van der Waals surface area (Å²) in [7, 11) is 0. The van der Waals surface area contributed by atoms with Gasteiger partial charge in [-0.25, -0.2) is 15.0 Å². The molecule has 0 atom stereocenters. The topological polar surface area (TPSA) is 65.0 Å². The van der Waals surface area contributed by atoms with Crippen molar-refractivity contribution in [3.63, 3.8) is 0 Å². The van der Waals surface area contributed by atoms with E-state index in [1.165, 1.54) is 0 Å². The van der Waals surface area contributed by atoms with E-state index in [2.05, 4.69) is 4.98 Å². The van der Waals surface area contributed by atoms with E-state index in [1.807, 2.05) is 30.3 Å². The van der Waals surface area contributed by atoms with Gasteiger partial charge in [-0.05, 0) is 58.7 Å². The zero-order valence-electron chi connectivity index (χ0n) is 39.7. The molecule has 7 aromatic carbocycles. The number of para-hydroxylation sites is 1. The number of aromatic nitrogens is 3. The van der Waals surface area contributed by atoms with Gasteiger partial charge in [0.25, 0.3) is 0 Å². The Labute approximate surface area is 306 Å². The van der Waals surface area contributed by atoms with E-state index in [-0.39, 0.29) is 40.7 Å². The number of benzene rings is 7. The molecule has 10 rings (SSSR count). The van der Waals surface area contributed by atoms with E-state index in [9.17, 15) is 0 Å². The molecular weight excluding hydrogens is 615 g/mol. The molecule has 5 heteroatoms. The van der Waals surface area contributed by atoms with Crippen LogP contribution in [0.4, 0.5) is 0 Å². The van der Waals surface area contributed by atoms with Crippen LogP contribution in [0.25, 0.3) is 100 Å². The van der Waals surface area contributed by atoms with E-state index < -0.39 is 83.6 Å². The van der Waals surface area contributed by atoms with Crippen molar-refractivity contribution < 1.29 is 28.0 Å². The third-order valence-corrected chi connectivity index (χ3v) is 8.40. The molecule has 234 valence electrons. The maximum Gasteiger partial charge on any atom is 0.164 e. The number of hydrogen-bond acceptors (Lipinski definition) is 5. The van der Waals surface area contributed by atoms with Crippen LogP contribution in [0.5, 0.6) is 0 Å². The molecule has 0 radical (unpaired) electrons. The standard InChI is InChI=1S/C45H27N3O2/c1-3-10-28(11-4-1)29-18-20-31(21-19-29)43-46-44(32-22-24-36-35-14-7-8-16-38(35)49-40(36)26-32)48-45(47-43)33-23-25-37-41(27-33)50-39-17-9-15-34(42(37)39)30-12-5-2-6-13-30/h1-27H/i1D,2D,3D,4D,5D,6D,10D,11D,12D,13D,18D,19D,20D,21D. The van der Waals surface area contributed by atoms with Crippen molar-refractivity contribution in [2.24, 2.45) is 0 Å². The van der Waals surface area contributed by atoms with Gasteiger partial charge >= 0.3 is 0 Å². The average Bonchev–Trinajstić information content (AvgIpc) is 3.87. The number of nitrogens with zero attached hydrogens (tertiary/aromatic N) is 3. The second-order valence-corrected chi connectivity index (χ2v) is 11.4. The van der Waals surface area contributed by atoms with Gasteiger partial charge in [-0.15, -0.1) is 0 Å². The zero-order valence-corrected chi connectivity index (χ0v) is 25.7. The molecule has 3 aromatic heterocycles. The van der Waals surface area contributed by atoms with Crippen molar-refractivity contribution in [3.05, 3.63) is 163 Å². The minimum absolute atomic E-state index is 0.00839. The summed E-state index contributed by atoms with van der Waals surface area (Å²) in [5.74, 6) is -0.158. The van der Waals surface area contributed by atoms with Gasteiger partial charge in [0.15, 0.2) is 17.5 Å². The molecular formula is C45H27N3O2. The van der Waals surface area contributed by atoms with Crippen LogP contribution in [0.1, 0.15) is 19.2 Å². The summed E-state index contributed by atoms with van der Waals surface area (Å²) in [4.78, 5) is 14.2. The fraction of sp³-hybridized carbons (Fsp3) is 0. The van der Waals surface area contributed by atoms with Crippen LogP contribution in [0.2, 0.25) is 0 Å². The van der Waals surface area contributed by atoms with Crippen molar-refractivity contribution >= 4 is 43.9 Å². The van der Waals surface area contributed by atoms with Gasteiger partial charge in [0.05, 0.1) is 19.2 Å². The van der Waals surface area contributed by atoms with Gasteiger partial charge < -0.3 is 8.83 Å².